The van der Waals surface area contributed by atoms with Crippen LogP contribution >= 0.6 is 0 Å². The largest absolute Gasteiger partial charge is 0.461 e. The van der Waals surface area contributed by atoms with Gasteiger partial charge in [0.15, 0.2) is 5.78 Å². The molecule has 1 amide bonds. The predicted molar refractivity (Wildman–Crippen MR) is 121 cm³/mol. The molecule has 0 spiro atoms. The number of carbonyl (C=O) groups excluding carboxylic acids is 3. The number of hydrogen-bond acceptors (Lipinski definition) is 5. The van der Waals surface area contributed by atoms with E-state index in [4.69, 9.17) is 4.74 Å². The number of Topliss-reactive ketones (excluding diaryl/α,β-unsaturated/α-hetero) is 1. The molecule has 0 aliphatic rings. The first-order valence-corrected chi connectivity index (χ1v) is 10.6. The SMILES string of the molecule is CCOC(=O)c1[nH]c(C)c(C(=O)C(C)N(Cc2ccccn2)C(=O)c2cccc(F)c2)c1C. The van der Waals surface area contributed by atoms with Crippen molar-refractivity contribution < 1.29 is 23.5 Å². The van der Waals surface area contributed by atoms with Gasteiger partial charge in [0.2, 0.25) is 0 Å². The zero-order valence-electron chi connectivity index (χ0n) is 19.0. The van der Waals surface area contributed by atoms with E-state index in [-0.39, 0.29) is 30.2 Å². The summed E-state index contributed by atoms with van der Waals surface area (Å²) in [6, 6.07) is 9.70. The maximum absolute atomic E-state index is 13.8. The normalized spacial score (nSPS) is 11.7. The molecule has 0 fully saturated rings. The van der Waals surface area contributed by atoms with Gasteiger partial charge in [-0.1, -0.05) is 12.1 Å². The molecule has 0 bridgehead atoms. The van der Waals surface area contributed by atoms with Gasteiger partial charge in [0, 0.05) is 23.0 Å². The van der Waals surface area contributed by atoms with Gasteiger partial charge >= 0.3 is 5.97 Å². The molecule has 2 aromatic heterocycles. The van der Waals surface area contributed by atoms with Crippen molar-refractivity contribution in [2.24, 2.45) is 0 Å². The number of carbonyl (C=O) groups is 3. The summed E-state index contributed by atoms with van der Waals surface area (Å²) >= 11 is 0. The Hall–Kier alpha value is -3.81. The number of nitrogens with zero attached hydrogens (tertiary/aromatic N) is 2. The summed E-state index contributed by atoms with van der Waals surface area (Å²) in [5.41, 5.74) is 2.19. The molecule has 8 heteroatoms. The first-order chi connectivity index (χ1) is 15.7. The number of pyridine rings is 1. The number of H-pyrrole nitrogens is 1. The summed E-state index contributed by atoms with van der Waals surface area (Å²) in [4.78, 5) is 47.7. The van der Waals surface area contributed by atoms with E-state index in [1.807, 2.05) is 0 Å². The van der Waals surface area contributed by atoms with Crippen molar-refractivity contribution in [3.8, 4) is 0 Å². The third-order valence-corrected chi connectivity index (χ3v) is 5.40. The van der Waals surface area contributed by atoms with E-state index in [1.165, 1.54) is 23.1 Å². The molecular weight excluding hydrogens is 425 g/mol. The van der Waals surface area contributed by atoms with E-state index in [2.05, 4.69) is 9.97 Å². The minimum absolute atomic E-state index is 0.0519. The summed E-state index contributed by atoms with van der Waals surface area (Å²) in [6.07, 6.45) is 1.60. The van der Waals surface area contributed by atoms with Gasteiger partial charge in [0.05, 0.1) is 24.9 Å². The van der Waals surface area contributed by atoms with E-state index in [0.29, 0.717) is 22.5 Å². The lowest BCUT2D eigenvalue weighted by Gasteiger charge is -2.28. The average molecular weight is 451 g/mol. The Balaban J connectivity index is 1.99. The second-order valence-corrected chi connectivity index (χ2v) is 7.65. The summed E-state index contributed by atoms with van der Waals surface area (Å²) in [5.74, 6) is -1.95. The van der Waals surface area contributed by atoms with E-state index in [9.17, 15) is 18.8 Å². The van der Waals surface area contributed by atoms with Crippen LogP contribution in [0.4, 0.5) is 4.39 Å². The number of aryl methyl sites for hydroxylation is 1. The van der Waals surface area contributed by atoms with E-state index in [1.54, 1.807) is 52.1 Å². The fraction of sp³-hybridized carbons (Fsp3) is 0.280. The quantitative estimate of drug-likeness (QED) is 0.408. The lowest BCUT2D eigenvalue weighted by Crippen LogP contribution is -2.43. The molecular formula is C25H26FN3O4. The maximum Gasteiger partial charge on any atom is 0.355 e. The minimum atomic E-state index is -0.911. The highest BCUT2D eigenvalue weighted by molar-refractivity contribution is 6.07. The standard InChI is InChI=1S/C25H26FN3O4/c1-5-33-25(32)22-15(2)21(16(3)28-22)23(30)17(4)29(14-20-11-6-7-12-27-20)24(31)18-9-8-10-19(26)13-18/h6-13,17,28H,5,14H2,1-4H3. The van der Waals surface area contributed by atoms with Gasteiger partial charge in [-0.15, -0.1) is 0 Å². The van der Waals surface area contributed by atoms with Crippen LogP contribution in [0.15, 0.2) is 48.7 Å². The molecule has 0 saturated heterocycles. The molecule has 1 aromatic carbocycles. The van der Waals surface area contributed by atoms with Crippen LogP contribution in [0, 0.1) is 19.7 Å². The predicted octanol–water partition coefficient (Wildman–Crippen LogP) is 4.26. The Morgan fingerprint density at radius 3 is 2.55 bits per heavy atom. The van der Waals surface area contributed by atoms with Crippen LogP contribution in [0.2, 0.25) is 0 Å². The molecule has 3 rings (SSSR count). The average Bonchev–Trinajstić information content (AvgIpc) is 3.10. The molecule has 1 unspecified atom stereocenters. The van der Waals surface area contributed by atoms with Gasteiger partial charge in [0.25, 0.3) is 5.91 Å². The second-order valence-electron chi connectivity index (χ2n) is 7.65. The van der Waals surface area contributed by atoms with Crippen molar-refractivity contribution in [3.05, 3.63) is 88.3 Å². The van der Waals surface area contributed by atoms with Crippen LogP contribution < -0.4 is 0 Å². The zero-order chi connectivity index (χ0) is 24.1. The Morgan fingerprint density at radius 1 is 1.15 bits per heavy atom. The van der Waals surface area contributed by atoms with Crippen molar-refractivity contribution >= 4 is 17.7 Å². The maximum atomic E-state index is 13.8. The topological polar surface area (TPSA) is 92.4 Å². The van der Waals surface area contributed by atoms with Crippen molar-refractivity contribution in [2.75, 3.05) is 6.61 Å². The van der Waals surface area contributed by atoms with Gasteiger partial charge in [-0.25, -0.2) is 9.18 Å². The number of benzene rings is 1. The molecule has 33 heavy (non-hydrogen) atoms. The summed E-state index contributed by atoms with van der Waals surface area (Å²) in [5, 5.41) is 0. The number of aromatic nitrogens is 2. The molecule has 172 valence electrons. The third-order valence-electron chi connectivity index (χ3n) is 5.40. The summed E-state index contributed by atoms with van der Waals surface area (Å²) < 4.78 is 18.9. The van der Waals surface area contributed by atoms with Gasteiger partial charge in [-0.05, 0) is 63.6 Å². The Kier molecular flexibility index (Phi) is 7.37. The van der Waals surface area contributed by atoms with Gasteiger partial charge < -0.3 is 14.6 Å². The zero-order valence-corrected chi connectivity index (χ0v) is 19.0. The van der Waals surface area contributed by atoms with Crippen molar-refractivity contribution in [1.29, 1.82) is 0 Å². The molecule has 0 radical (unpaired) electrons. The Bertz CT molecular complexity index is 1170. The Labute approximate surface area is 191 Å². The molecule has 2 heterocycles. The second kappa shape index (κ2) is 10.2. The van der Waals surface area contributed by atoms with E-state index < -0.39 is 23.7 Å². The molecule has 3 aromatic rings. The number of amides is 1. The van der Waals surface area contributed by atoms with Crippen LogP contribution in [0.1, 0.15) is 62.0 Å². The molecule has 1 N–H and O–H groups in total. The minimum Gasteiger partial charge on any atom is -0.461 e. The highest BCUT2D eigenvalue weighted by Crippen LogP contribution is 2.24. The first kappa shape index (κ1) is 23.8. The van der Waals surface area contributed by atoms with Crippen LogP contribution in [0.3, 0.4) is 0 Å². The van der Waals surface area contributed by atoms with Crippen molar-refractivity contribution in [1.82, 2.24) is 14.9 Å². The number of ketones is 1. The van der Waals surface area contributed by atoms with Crippen LogP contribution in [0.25, 0.3) is 0 Å². The number of rotatable bonds is 8. The number of hydrogen-bond donors (Lipinski definition) is 1. The van der Waals surface area contributed by atoms with Gasteiger partial charge in [0.1, 0.15) is 11.5 Å². The Morgan fingerprint density at radius 2 is 1.91 bits per heavy atom. The number of halogens is 1. The number of aromatic amines is 1. The van der Waals surface area contributed by atoms with Crippen LogP contribution in [-0.2, 0) is 11.3 Å². The van der Waals surface area contributed by atoms with Crippen LogP contribution in [-0.4, -0.2) is 45.2 Å². The molecule has 0 aliphatic heterocycles. The number of nitrogens with one attached hydrogen (secondary N) is 1. The first-order valence-electron chi connectivity index (χ1n) is 10.6. The van der Waals surface area contributed by atoms with Gasteiger partial charge in [-0.3, -0.25) is 14.6 Å². The smallest absolute Gasteiger partial charge is 0.355 e. The molecule has 7 nitrogen and oxygen atoms in total. The lowest BCUT2D eigenvalue weighted by molar-refractivity contribution is 0.0518. The monoisotopic (exact) mass is 451 g/mol. The number of esters is 1. The van der Waals surface area contributed by atoms with E-state index in [0.717, 1.165) is 6.07 Å². The fourth-order valence-electron chi connectivity index (χ4n) is 3.72. The lowest BCUT2D eigenvalue weighted by atomic mass is 9.99. The highest BCUT2D eigenvalue weighted by atomic mass is 19.1. The molecule has 0 saturated carbocycles. The number of ether oxygens (including phenoxy) is 1. The van der Waals surface area contributed by atoms with Crippen molar-refractivity contribution in [2.45, 2.75) is 40.3 Å². The highest BCUT2D eigenvalue weighted by Gasteiger charge is 2.32. The molecule has 1 atom stereocenters. The summed E-state index contributed by atoms with van der Waals surface area (Å²) in [6.45, 7) is 6.91. The van der Waals surface area contributed by atoms with Gasteiger partial charge in [-0.2, -0.15) is 0 Å². The summed E-state index contributed by atoms with van der Waals surface area (Å²) in [7, 11) is 0. The third kappa shape index (κ3) is 5.16. The fourth-order valence-corrected chi connectivity index (χ4v) is 3.72. The molecule has 0 aliphatic carbocycles. The van der Waals surface area contributed by atoms with Crippen molar-refractivity contribution in [3.63, 3.8) is 0 Å². The van der Waals surface area contributed by atoms with E-state index >= 15 is 0 Å². The van der Waals surface area contributed by atoms with Crippen LogP contribution in [0.5, 0.6) is 0 Å².